The average molecular weight is 252 g/mol. The summed E-state index contributed by atoms with van der Waals surface area (Å²) in [5, 5.41) is 14.0. The highest BCUT2D eigenvalue weighted by atomic mass is 32.1. The van der Waals surface area contributed by atoms with Gasteiger partial charge in [-0.1, -0.05) is 38.7 Å². The lowest BCUT2D eigenvalue weighted by molar-refractivity contribution is 0.201. The summed E-state index contributed by atoms with van der Waals surface area (Å²) in [5.41, 5.74) is 5.62. The van der Waals surface area contributed by atoms with Crippen molar-refractivity contribution in [2.24, 2.45) is 5.73 Å². The summed E-state index contributed by atoms with van der Waals surface area (Å²) in [6.45, 7) is 10.2. The maximum Gasteiger partial charge on any atom is 0.143 e. The summed E-state index contributed by atoms with van der Waals surface area (Å²) >= 11 is 1.68. The van der Waals surface area contributed by atoms with Gasteiger partial charge >= 0.3 is 0 Å². The SMILES string of the molecule is C=C(N)NC1(c2nnc(C(C)(C)C)s2)CCC1. The lowest BCUT2D eigenvalue weighted by Crippen LogP contribution is -2.48. The molecule has 1 aromatic heterocycles. The Balaban J connectivity index is 2.26. The molecule has 0 unspecified atom stereocenters. The Morgan fingerprint density at radius 2 is 2.06 bits per heavy atom. The minimum absolute atomic E-state index is 0.0561. The molecule has 0 amide bonds. The number of hydrogen-bond donors (Lipinski definition) is 2. The van der Waals surface area contributed by atoms with E-state index in [0.717, 1.165) is 22.9 Å². The van der Waals surface area contributed by atoms with Crippen LogP contribution in [0.5, 0.6) is 0 Å². The summed E-state index contributed by atoms with van der Waals surface area (Å²) in [6.07, 6.45) is 3.31. The monoisotopic (exact) mass is 252 g/mol. The molecule has 0 aromatic carbocycles. The van der Waals surface area contributed by atoms with Crippen molar-refractivity contribution in [2.45, 2.75) is 51.0 Å². The minimum atomic E-state index is -0.104. The summed E-state index contributed by atoms with van der Waals surface area (Å²) in [5.74, 6) is 0.511. The Labute approximate surface area is 106 Å². The van der Waals surface area contributed by atoms with Crippen molar-refractivity contribution in [3.63, 3.8) is 0 Å². The Morgan fingerprint density at radius 3 is 2.41 bits per heavy atom. The van der Waals surface area contributed by atoms with Gasteiger partial charge in [0.1, 0.15) is 10.0 Å². The second-order valence-electron chi connectivity index (χ2n) is 5.75. The second kappa shape index (κ2) is 3.98. The molecule has 2 rings (SSSR count). The third-order valence-corrected chi connectivity index (χ3v) is 4.64. The molecule has 5 heteroatoms. The minimum Gasteiger partial charge on any atom is -0.386 e. The molecule has 0 aliphatic heterocycles. The van der Waals surface area contributed by atoms with E-state index in [1.54, 1.807) is 11.3 Å². The van der Waals surface area contributed by atoms with Gasteiger partial charge in [-0.25, -0.2) is 0 Å². The Morgan fingerprint density at radius 1 is 1.41 bits per heavy atom. The van der Waals surface area contributed by atoms with Crippen LogP contribution in [0.4, 0.5) is 0 Å². The van der Waals surface area contributed by atoms with E-state index >= 15 is 0 Å². The molecule has 0 bridgehead atoms. The molecule has 0 radical (unpaired) electrons. The van der Waals surface area contributed by atoms with Crippen molar-refractivity contribution in [1.82, 2.24) is 15.5 Å². The van der Waals surface area contributed by atoms with Crippen molar-refractivity contribution >= 4 is 11.3 Å². The summed E-state index contributed by atoms with van der Waals surface area (Å²) in [7, 11) is 0. The Bertz CT molecular complexity index is 426. The molecule has 1 aromatic rings. The first-order valence-corrected chi connectivity index (χ1v) is 6.72. The number of aromatic nitrogens is 2. The number of rotatable bonds is 3. The molecule has 1 aliphatic rings. The maximum atomic E-state index is 5.67. The van der Waals surface area contributed by atoms with Crippen LogP contribution in [0.1, 0.15) is 50.0 Å². The lowest BCUT2D eigenvalue weighted by atomic mass is 9.77. The predicted molar refractivity (Wildman–Crippen MR) is 70.6 cm³/mol. The molecule has 17 heavy (non-hydrogen) atoms. The van der Waals surface area contributed by atoms with E-state index in [-0.39, 0.29) is 11.0 Å². The molecule has 0 spiro atoms. The van der Waals surface area contributed by atoms with Crippen LogP contribution in [0.15, 0.2) is 12.4 Å². The third-order valence-electron chi connectivity index (χ3n) is 3.08. The zero-order valence-electron chi connectivity index (χ0n) is 10.7. The Kier molecular flexibility index (Phi) is 2.89. The zero-order valence-corrected chi connectivity index (χ0v) is 11.5. The third kappa shape index (κ3) is 2.29. The quantitative estimate of drug-likeness (QED) is 0.866. The topological polar surface area (TPSA) is 63.8 Å². The van der Waals surface area contributed by atoms with Crippen LogP contribution in [-0.2, 0) is 11.0 Å². The van der Waals surface area contributed by atoms with Gasteiger partial charge in [-0.2, -0.15) is 0 Å². The van der Waals surface area contributed by atoms with E-state index in [1.165, 1.54) is 6.42 Å². The van der Waals surface area contributed by atoms with Gasteiger partial charge in [0.15, 0.2) is 0 Å². The van der Waals surface area contributed by atoms with Crippen LogP contribution in [0.3, 0.4) is 0 Å². The first-order chi connectivity index (χ1) is 7.83. The highest BCUT2D eigenvalue weighted by Crippen LogP contribution is 2.43. The molecular formula is C12H20N4S. The summed E-state index contributed by atoms with van der Waals surface area (Å²) in [6, 6.07) is 0. The normalized spacial score (nSPS) is 18.5. The molecule has 0 saturated heterocycles. The molecular weight excluding hydrogens is 232 g/mol. The van der Waals surface area contributed by atoms with Crippen LogP contribution < -0.4 is 11.1 Å². The van der Waals surface area contributed by atoms with Crippen molar-refractivity contribution in [3.8, 4) is 0 Å². The van der Waals surface area contributed by atoms with Gasteiger partial charge in [0.25, 0.3) is 0 Å². The molecule has 94 valence electrons. The van der Waals surface area contributed by atoms with Crippen LogP contribution in [0, 0.1) is 0 Å². The fourth-order valence-electron chi connectivity index (χ4n) is 1.95. The van der Waals surface area contributed by atoms with Crippen LogP contribution in [-0.4, -0.2) is 10.2 Å². The fraction of sp³-hybridized carbons (Fsp3) is 0.667. The van der Waals surface area contributed by atoms with Gasteiger partial charge in [0.2, 0.25) is 0 Å². The number of nitrogens with one attached hydrogen (secondary N) is 1. The summed E-state index contributed by atoms with van der Waals surface area (Å²) < 4.78 is 0. The number of nitrogens with zero attached hydrogens (tertiary/aromatic N) is 2. The summed E-state index contributed by atoms with van der Waals surface area (Å²) in [4.78, 5) is 0. The maximum absolute atomic E-state index is 5.67. The van der Waals surface area contributed by atoms with E-state index in [1.807, 2.05) is 0 Å². The van der Waals surface area contributed by atoms with E-state index in [0.29, 0.717) is 5.82 Å². The first kappa shape index (κ1) is 12.4. The number of hydrogen-bond acceptors (Lipinski definition) is 5. The second-order valence-corrected chi connectivity index (χ2v) is 6.73. The van der Waals surface area contributed by atoms with Crippen LogP contribution in [0.2, 0.25) is 0 Å². The highest BCUT2D eigenvalue weighted by molar-refractivity contribution is 7.11. The standard InChI is InChI=1S/C12H20N4S/c1-8(13)14-12(6-5-7-12)10-16-15-9(17-10)11(2,3)4/h14H,1,5-7,13H2,2-4H3. The van der Waals surface area contributed by atoms with Gasteiger partial charge in [0, 0.05) is 5.41 Å². The average Bonchev–Trinajstić information content (AvgIpc) is 2.58. The fourth-order valence-corrected chi connectivity index (χ4v) is 3.05. The van der Waals surface area contributed by atoms with Crippen LogP contribution in [0.25, 0.3) is 0 Å². The van der Waals surface area contributed by atoms with Gasteiger partial charge in [0.05, 0.1) is 11.4 Å². The first-order valence-electron chi connectivity index (χ1n) is 5.90. The lowest BCUT2D eigenvalue weighted by Gasteiger charge is -2.41. The molecule has 1 fully saturated rings. The van der Waals surface area contributed by atoms with Crippen LogP contribution >= 0.6 is 11.3 Å². The van der Waals surface area contributed by atoms with Gasteiger partial charge in [-0.3, -0.25) is 0 Å². The Hall–Kier alpha value is -1.10. The molecule has 3 N–H and O–H groups in total. The van der Waals surface area contributed by atoms with E-state index < -0.39 is 0 Å². The van der Waals surface area contributed by atoms with Crippen molar-refractivity contribution in [2.75, 3.05) is 0 Å². The largest absolute Gasteiger partial charge is 0.386 e. The van der Waals surface area contributed by atoms with Gasteiger partial charge < -0.3 is 11.1 Å². The molecule has 1 heterocycles. The van der Waals surface area contributed by atoms with Crippen molar-refractivity contribution in [1.29, 1.82) is 0 Å². The smallest absolute Gasteiger partial charge is 0.143 e. The molecule has 0 atom stereocenters. The van der Waals surface area contributed by atoms with Crippen molar-refractivity contribution in [3.05, 3.63) is 22.4 Å². The predicted octanol–water partition coefficient (Wildman–Crippen LogP) is 2.23. The van der Waals surface area contributed by atoms with E-state index in [2.05, 4.69) is 42.9 Å². The van der Waals surface area contributed by atoms with E-state index in [9.17, 15) is 0 Å². The number of nitrogens with two attached hydrogens (primary N) is 1. The molecule has 1 saturated carbocycles. The van der Waals surface area contributed by atoms with Gasteiger partial charge in [-0.05, 0) is 19.3 Å². The zero-order chi connectivity index (χ0) is 12.7. The van der Waals surface area contributed by atoms with Gasteiger partial charge in [-0.15, -0.1) is 10.2 Å². The highest BCUT2D eigenvalue weighted by Gasteiger charge is 2.42. The molecule has 4 nitrogen and oxygen atoms in total. The van der Waals surface area contributed by atoms with E-state index in [4.69, 9.17) is 5.73 Å². The van der Waals surface area contributed by atoms with Crippen molar-refractivity contribution < 1.29 is 0 Å². The molecule has 1 aliphatic carbocycles.